The fourth-order valence-electron chi connectivity index (χ4n) is 2.26. The summed E-state index contributed by atoms with van der Waals surface area (Å²) < 4.78 is 5.61. The number of hydrogen-bond donors (Lipinski definition) is 2. The van der Waals surface area contributed by atoms with Crippen LogP contribution in [0.15, 0.2) is 0 Å². The number of carboxylic acids is 1. The Hall–Kier alpha value is -1.30. The molecule has 2 atom stereocenters. The van der Waals surface area contributed by atoms with Crippen molar-refractivity contribution in [1.82, 2.24) is 10.2 Å². The molecule has 1 aliphatic rings. The average Bonchev–Trinajstić information content (AvgIpc) is 2.36. The number of carbonyl (C=O) groups is 2. The van der Waals surface area contributed by atoms with Crippen LogP contribution in [0.25, 0.3) is 0 Å². The Kier molecular flexibility index (Phi) is 4.69. The lowest BCUT2D eigenvalue weighted by atomic mass is 9.64. The molecule has 6 nitrogen and oxygen atoms in total. The van der Waals surface area contributed by atoms with Gasteiger partial charge in [0.1, 0.15) is 5.54 Å². The molecule has 6 heteroatoms. The molecule has 0 spiro atoms. The van der Waals surface area contributed by atoms with Crippen LogP contribution in [0.4, 0.5) is 4.79 Å². The molecule has 116 valence electrons. The Labute approximate surface area is 120 Å². The van der Waals surface area contributed by atoms with Gasteiger partial charge in [-0.1, -0.05) is 13.8 Å². The van der Waals surface area contributed by atoms with Gasteiger partial charge >= 0.3 is 12.0 Å². The van der Waals surface area contributed by atoms with Gasteiger partial charge in [0.25, 0.3) is 0 Å². The van der Waals surface area contributed by atoms with Crippen molar-refractivity contribution >= 4 is 12.0 Å². The van der Waals surface area contributed by atoms with Gasteiger partial charge in [0.15, 0.2) is 0 Å². The summed E-state index contributed by atoms with van der Waals surface area (Å²) in [7, 11) is 1.50. The minimum absolute atomic E-state index is 0.00130. The molecule has 1 rings (SSSR count). The van der Waals surface area contributed by atoms with Crippen LogP contribution in [-0.4, -0.2) is 53.3 Å². The third-order valence-electron chi connectivity index (χ3n) is 4.51. The number of ether oxygens (including phenoxy) is 1. The number of rotatable bonds is 5. The molecule has 0 aliphatic heterocycles. The zero-order valence-electron chi connectivity index (χ0n) is 13.2. The van der Waals surface area contributed by atoms with E-state index in [2.05, 4.69) is 5.32 Å². The quantitative estimate of drug-likeness (QED) is 0.806. The molecule has 1 aliphatic carbocycles. The maximum atomic E-state index is 12.2. The van der Waals surface area contributed by atoms with Gasteiger partial charge in [0.05, 0.1) is 6.10 Å². The Morgan fingerprint density at radius 3 is 2.40 bits per heavy atom. The topological polar surface area (TPSA) is 78.9 Å². The molecule has 0 radical (unpaired) electrons. The molecule has 1 saturated carbocycles. The van der Waals surface area contributed by atoms with Crippen molar-refractivity contribution in [2.45, 2.75) is 58.7 Å². The van der Waals surface area contributed by atoms with E-state index in [9.17, 15) is 9.59 Å². The summed E-state index contributed by atoms with van der Waals surface area (Å²) in [4.78, 5) is 24.5. The number of carbonyl (C=O) groups excluding carboxylic acids is 1. The van der Waals surface area contributed by atoms with Gasteiger partial charge in [-0.2, -0.15) is 0 Å². The first kappa shape index (κ1) is 16.8. The van der Waals surface area contributed by atoms with E-state index in [4.69, 9.17) is 9.84 Å². The summed E-state index contributed by atoms with van der Waals surface area (Å²) in [6.07, 6.45) is 0.893. The van der Waals surface area contributed by atoms with E-state index < -0.39 is 11.5 Å². The van der Waals surface area contributed by atoms with Gasteiger partial charge in [0, 0.05) is 25.1 Å². The minimum atomic E-state index is -1.24. The van der Waals surface area contributed by atoms with Crippen LogP contribution < -0.4 is 5.32 Å². The predicted octanol–water partition coefficient (Wildman–Crippen LogP) is 1.69. The van der Waals surface area contributed by atoms with Gasteiger partial charge in [-0.15, -0.1) is 0 Å². The standard InChI is InChI=1S/C14H26N2O4/c1-7-20-10-8-9(13(10,2)3)15-12(19)16(6)14(4,5)11(17)18/h9-10H,7-8H2,1-6H3,(H,15,19)(H,17,18). The summed E-state index contributed by atoms with van der Waals surface area (Å²) in [5.74, 6) is -1.03. The van der Waals surface area contributed by atoms with Crippen molar-refractivity contribution in [2.75, 3.05) is 13.7 Å². The minimum Gasteiger partial charge on any atom is -0.480 e. The van der Waals surface area contributed by atoms with Gasteiger partial charge < -0.3 is 20.1 Å². The number of urea groups is 1. The van der Waals surface area contributed by atoms with Crippen LogP contribution in [-0.2, 0) is 9.53 Å². The van der Waals surface area contributed by atoms with Crippen LogP contribution in [0.2, 0.25) is 0 Å². The number of carboxylic acid groups (broad SMARTS) is 1. The van der Waals surface area contributed by atoms with Crippen LogP contribution in [0.1, 0.15) is 41.0 Å². The maximum absolute atomic E-state index is 12.2. The number of hydrogen-bond acceptors (Lipinski definition) is 3. The lowest BCUT2D eigenvalue weighted by molar-refractivity contribution is -0.147. The summed E-state index contributed by atoms with van der Waals surface area (Å²) in [5.41, 5.74) is -1.38. The highest BCUT2D eigenvalue weighted by atomic mass is 16.5. The summed E-state index contributed by atoms with van der Waals surface area (Å²) in [6, 6.07) is -0.371. The van der Waals surface area contributed by atoms with Crippen molar-refractivity contribution in [1.29, 1.82) is 0 Å². The molecule has 0 heterocycles. The van der Waals surface area contributed by atoms with E-state index in [1.807, 2.05) is 20.8 Å². The van der Waals surface area contributed by atoms with E-state index >= 15 is 0 Å². The highest BCUT2D eigenvalue weighted by Crippen LogP contribution is 2.42. The Bertz CT molecular complexity index is 393. The van der Waals surface area contributed by atoms with E-state index in [1.54, 1.807) is 0 Å². The van der Waals surface area contributed by atoms with E-state index in [0.717, 1.165) is 6.42 Å². The molecule has 2 N–H and O–H groups in total. The molecule has 20 heavy (non-hydrogen) atoms. The average molecular weight is 286 g/mol. The van der Waals surface area contributed by atoms with Gasteiger partial charge in [0.2, 0.25) is 0 Å². The van der Waals surface area contributed by atoms with Gasteiger partial charge in [-0.05, 0) is 27.2 Å². The first-order valence-electron chi connectivity index (χ1n) is 6.94. The number of amides is 2. The number of nitrogens with zero attached hydrogens (tertiary/aromatic N) is 1. The van der Waals surface area contributed by atoms with Crippen molar-refractivity contribution in [2.24, 2.45) is 5.41 Å². The SMILES string of the molecule is CCOC1CC(NC(=O)N(C)C(C)(C)C(=O)O)C1(C)C. The Balaban J connectivity index is 2.63. The van der Waals surface area contributed by atoms with E-state index in [0.29, 0.717) is 6.61 Å². The molecule has 0 aromatic heterocycles. The highest BCUT2D eigenvalue weighted by molar-refractivity contribution is 5.85. The molecule has 0 aromatic carbocycles. The van der Waals surface area contributed by atoms with Crippen molar-refractivity contribution in [3.05, 3.63) is 0 Å². The number of aliphatic carboxylic acids is 1. The Morgan fingerprint density at radius 2 is 2.00 bits per heavy atom. The first-order valence-corrected chi connectivity index (χ1v) is 6.94. The fourth-order valence-corrected chi connectivity index (χ4v) is 2.26. The third kappa shape index (κ3) is 2.90. The molecule has 1 fully saturated rings. The largest absolute Gasteiger partial charge is 0.480 e. The molecule has 0 bridgehead atoms. The summed E-state index contributed by atoms with van der Waals surface area (Å²) in [5, 5.41) is 12.0. The normalized spacial score (nSPS) is 24.7. The lowest BCUT2D eigenvalue weighted by Crippen LogP contribution is -2.65. The molecule has 0 saturated heterocycles. The second kappa shape index (κ2) is 5.60. The van der Waals surface area contributed by atoms with Crippen LogP contribution >= 0.6 is 0 Å². The maximum Gasteiger partial charge on any atom is 0.329 e. The fraction of sp³-hybridized carbons (Fsp3) is 0.857. The third-order valence-corrected chi connectivity index (χ3v) is 4.51. The van der Waals surface area contributed by atoms with Crippen molar-refractivity contribution in [3.8, 4) is 0 Å². The summed E-state index contributed by atoms with van der Waals surface area (Å²) >= 11 is 0. The monoisotopic (exact) mass is 286 g/mol. The highest BCUT2D eigenvalue weighted by Gasteiger charge is 2.50. The van der Waals surface area contributed by atoms with E-state index in [-0.39, 0.29) is 23.6 Å². The van der Waals surface area contributed by atoms with Crippen LogP contribution in [0.3, 0.4) is 0 Å². The van der Waals surface area contributed by atoms with E-state index in [1.165, 1.54) is 25.8 Å². The second-order valence-corrected chi connectivity index (χ2v) is 6.43. The Morgan fingerprint density at radius 1 is 1.45 bits per heavy atom. The zero-order valence-corrected chi connectivity index (χ0v) is 13.2. The number of likely N-dealkylation sites (N-methyl/N-ethyl adjacent to an activating group) is 1. The van der Waals surface area contributed by atoms with Crippen LogP contribution in [0, 0.1) is 5.41 Å². The molecule has 2 unspecified atom stereocenters. The van der Waals surface area contributed by atoms with Gasteiger partial charge in [-0.3, -0.25) is 0 Å². The predicted molar refractivity (Wildman–Crippen MR) is 75.6 cm³/mol. The second-order valence-electron chi connectivity index (χ2n) is 6.43. The van der Waals surface area contributed by atoms with Crippen molar-refractivity contribution in [3.63, 3.8) is 0 Å². The molecule has 0 aromatic rings. The first-order chi connectivity index (χ1) is 9.05. The molecule has 2 amide bonds. The zero-order chi connectivity index (χ0) is 15.7. The lowest BCUT2D eigenvalue weighted by Gasteiger charge is -2.52. The molecular weight excluding hydrogens is 260 g/mol. The van der Waals surface area contributed by atoms with Crippen molar-refractivity contribution < 1.29 is 19.4 Å². The molecular formula is C14H26N2O4. The summed E-state index contributed by atoms with van der Waals surface area (Å²) in [6.45, 7) is 9.70. The smallest absolute Gasteiger partial charge is 0.329 e. The van der Waals surface area contributed by atoms with Gasteiger partial charge in [-0.25, -0.2) is 9.59 Å². The van der Waals surface area contributed by atoms with Crippen LogP contribution in [0.5, 0.6) is 0 Å². The number of nitrogens with one attached hydrogen (secondary N) is 1.